The zero-order chi connectivity index (χ0) is 21.3. The highest BCUT2D eigenvalue weighted by molar-refractivity contribution is 5.99. The van der Waals surface area contributed by atoms with Crippen molar-refractivity contribution in [3.63, 3.8) is 0 Å². The number of rotatable bonds is 8. The fourth-order valence-corrected chi connectivity index (χ4v) is 2.93. The van der Waals surface area contributed by atoms with Gasteiger partial charge in [0.05, 0.1) is 11.7 Å². The van der Waals surface area contributed by atoms with Crippen LogP contribution in [0.25, 0.3) is 0 Å². The molecular formula is C20H23F3N2O4. The molecule has 0 aromatic heterocycles. The van der Waals surface area contributed by atoms with Crippen molar-refractivity contribution in [1.29, 1.82) is 0 Å². The van der Waals surface area contributed by atoms with Gasteiger partial charge in [0, 0.05) is 18.8 Å². The number of carbonyl (C=O) groups is 2. The van der Waals surface area contributed by atoms with Gasteiger partial charge in [-0.3, -0.25) is 9.59 Å². The van der Waals surface area contributed by atoms with Crippen molar-refractivity contribution in [2.24, 2.45) is 0 Å². The van der Waals surface area contributed by atoms with Crippen molar-refractivity contribution in [2.75, 3.05) is 7.05 Å². The van der Waals surface area contributed by atoms with Gasteiger partial charge in [-0.1, -0.05) is 6.42 Å². The Labute approximate surface area is 166 Å². The predicted octanol–water partition coefficient (Wildman–Crippen LogP) is 3.84. The van der Waals surface area contributed by atoms with Crippen molar-refractivity contribution in [1.82, 2.24) is 10.6 Å². The summed E-state index contributed by atoms with van der Waals surface area (Å²) in [6.45, 7) is 0. The molecule has 9 heteroatoms. The molecule has 0 aliphatic heterocycles. The van der Waals surface area contributed by atoms with Crippen LogP contribution in [0.3, 0.4) is 0 Å². The fourth-order valence-electron chi connectivity index (χ4n) is 2.93. The molecule has 1 amide bonds. The second kappa shape index (κ2) is 10.5. The first-order valence-electron chi connectivity index (χ1n) is 9.19. The lowest BCUT2D eigenvalue weighted by atomic mass is 9.97. The first kappa shape index (κ1) is 22.3. The van der Waals surface area contributed by atoms with Crippen molar-refractivity contribution in [3.05, 3.63) is 47.8 Å². The predicted molar refractivity (Wildman–Crippen MR) is 100 cm³/mol. The molecule has 1 saturated carbocycles. The number of hydrogen-bond donors (Lipinski definition) is 2. The number of carbonyl (C=O) groups excluding carboxylic acids is 2. The molecule has 0 unspecified atom stereocenters. The van der Waals surface area contributed by atoms with E-state index in [9.17, 15) is 22.8 Å². The molecule has 1 aromatic rings. The second-order valence-electron chi connectivity index (χ2n) is 6.42. The van der Waals surface area contributed by atoms with Crippen LogP contribution < -0.4 is 20.1 Å². The molecule has 1 aromatic carbocycles. The van der Waals surface area contributed by atoms with Gasteiger partial charge in [0.25, 0.3) is 5.91 Å². The lowest BCUT2D eigenvalue weighted by Crippen LogP contribution is -2.26. The molecule has 6 nitrogen and oxygen atoms in total. The van der Waals surface area contributed by atoms with Crippen LogP contribution in [0.5, 0.6) is 11.5 Å². The van der Waals surface area contributed by atoms with Gasteiger partial charge in [0.15, 0.2) is 0 Å². The smallest absolute Gasteiger partial charge is 0.490 e. The largest absolute Gasteiger partial charge is 0.573 e. The molecule has 29 heavy (non-hydrogen) atoms. The van der Waals surface area contributed by atoms with E-state index in [1.807, 2.05) is 0 Å². The third-order valence-electron chi connectivity index (χ3n) is 4.21. The van der Waals surface area contributed by atoms with Gasteiger partial charge in [-0.2, -0.15) is 0 Å². The molecule has 0 atom stereocenters. The van der Waals surface area contributed by atoms with Crippen LogP contribution in [-0.4, -0.2) is 31.7 Å². The average Bonchev–Trinajstić information content (AvgIpc) is 2.67. The van der Waals surface area contributed by atoms with Gasteiger partial charge in [0.1, 0.15) is 17.8 Å². The summed E-state index contributed by atoms with van der Waals surface area (Å²) in [5.74, 6) is -1.10. The molecule has 0 heterocycles. The highest BCUT2D eigenvalue weighted by Crippen LogP contribution is 2.31. The average molecular weight is 412 g/mol. The van der Waals surface area contributed by atoms with Crippen LogP contribution in [0.4, 0.5) is 13.2 Å². The van der Waals surface area contributed by atoms with Crippen LogP contribution in [0.1, 0.15) is 42.5 Å². The first-order valence-corrected chi connectivity index (χ1v) is 9.19. The summed E-state index contributed by atoms with van der Waals surface area (Å²) in [5, 5.41) is 5.20. The monoisotopic (exact) mass is 412 g/mol. The van der Waals surface area contributed by atoms with E-state index in [1.54, 1.807) is 7.05 Å². The summed E-state index contributed by atoms with van der Waals surface area (Å²) in [6, 6.07) is 3.37. The van der Waals surface area contributed by atoms with Crippen molar-refractivity contribution < 1.29 is 32.2 Å². The Bertz CT molecular complexity index is 769. The molecule has 1 aliphatic rings. The van der Waals surface area contributed by atoms with Gasteiger partial charge in [-0.05, 0) is 56.2 Å². The zero-order valence-corrected chi connectivity index (χ0v) is 15.9. The number of aldehydes is 1. The Kier molecular flexibility index (Phi) is 8.11. The Morgan fingerprint density at radius 2 is 1.93 bits per heavy atom. The van der Waals surface area contributed by atoms with E-state index >= 15 is 0 Å². The Morgan fingerprint density at radius 3 is 2.55 bits per heavy atom. The zero-order valence-electron chi connectivity index (χ0n) is 15.9. The molecule has 1 fully saturated rings. The van der Waals surface area contributed by atoms with Crippen LogP contribution in [0.2, 0.25) is 0 Å². The lowest BCUT2D eigenvalue weighted by molar-refractivity contribution is -0.274. The molecular weight excluding hydrogens is 389 g/mol. The van der Waals surface area contributed by atoms with Crippen molar-refractivity contribution in [3.8, 4) is 11.5 Å². The first-order chi connectivity index (χ1) is 13.8. The molecule has 2 N–H and O–H groups in total. The number of nitrogens with one attached hydrogen (secondary N) is 2. The van der Waals surface area contributed by atoms with E-state index in [0.717, 1.165) is 50.3 Å². The summed E-state index contributed by atoms with van der Waals surface area (Å²) in [5.41, 5.74) is 0.0390. The fraction of sp³-hybridized carbons (Fsp3) is 0.400. The molecule has 0 spiro atoms. The standard InChI is InChI=1S/C20H23F3N2O4/c1-24-11-9-14(10-12-26)25-19(27)17-13-16(29-20(21,22)23)7-8-18(17)28-15-5-3-2-4-6-15/h7-13,15,24H,2-6H2,1H3,(H,25,27)/b11-9-,14-10+. The van der Waals surface area contributed by atoms with Crippen LogP contribution >= 0.6 is 0 Å². The normalized spacial score (nSPS) is 15.8. The van der Waals surface area contributed by atoms with E-state index in [0.29, 0.717) is 6.29 Å². The van der Waals surface area contributed by atoms with Gasteiger partial charge in [-0.25, -0.2) is 0 Å². The number of halogens is 3. The number of allylic oxidation sites excluding steroid dienone is 2. The quantitative estimate of drug-likeness (QED) is 0.385. The Hall–Kier alpha value is -2.97. The highest BCUT2D eigenvalue weighted by atomic mass is 19.4. The van der Waals surface area contributed by atoms with Gasteiger partial charge >= 0.3 is 6.36 Å². The number of hydrogen-bond acceptors (Lipinski definition) is 5. The summed E-state index contributed by atoms with van der Waals surface area (Å²) in [4.78, 5) is 23.5. The maximum atomic E-state index is 12.7. The third kappa shape index (κ3) is 7.52. The number of benzene rings is 1. The number of ether oxygens (including phenoxy) is 2. The molecule has 2 rings (SSSR count). The minimum absolute atomic E-state index is 0.112. The molecule has 0 bridgehead atoms. The molecule has 158 valence electrons. The van der Waals surface area contributed by atoms with E-state index in [1.165, 1.54) is 18.3 Å². The third-order valence-corrected chi connectivity index (χ3v) is 4.21. The molecule has 0 radical (unpaired) electrons. The lowest BCUT2D eigenvalue weighted by Gasteiger charge is -2.24. The SMILES string of the molecule is CN/C=C\C(=C/C=O)NC(=O)c1cc(OC(F)(F)F)ccc1OC1CCCCC1. The molecule has 1 aliphatic carbocycles. The van der Waals surface area contributed by atoms with E-state index in [4.69, 9.17) is 4.74 Å². The number of amides is 1. The van der Waals surface area contributed by atoms with Crippen molar-refractivity contribution in [2.45, 2.75) is 44.6 Å². The topological polar surface area (TPSA) is 76.7 Å². The van der Waals surface area contributed by atoms with Crippen LogP contribution in [0, 0.1) is 0 Å². The maximum Gasteiger partial charge on any atom is 0.573 e. The van der Waals surface area contributed by atoms with Crippen LogP contribution in [0.15, 0.2) is 42.2 Å². The minimum Gasteiger partial charge on any atom is -0.490 e. The Balaban J connectivity index is 2.31. The van der Waals surface area contributed by atoms with E-state index in [-0.39, 0.29) is 23.1 Å². The van der Waals surface area contributed by atoms with E-state index < -0.39 is 18.0 Å². The minimum atomic E-state index is -4.89. The summed E-state index contributed by atoms with van der Waals surface area (Å²) >= 11 is 0. The van der Waals surface area contributed by atoms with Gasteiger partial charge in [-0.15, -0.1) is 13.2 Å². The number of alkyl halides is 3. The maximum absolute atomic E-state index is 12.7. The Morgan fingerprint density at radius 1 is 1.21 bits per heavy atom. The summed E-state index contributed by atoms with van der Waals surface area (Å²) in [7, 11) is 1.63. The summed E-state index contributed by atoms with van der Waals surface area (Å²) in [6.07, 6.45) is 4.21. The highest BCUT2D eigenvalue weighted by Gasteiger charge is 2.32. The van der Waals surface area contributed by atoms with Crippen molar-refractivity contribution >= 4 is 12.2 Å². The van der Waals surface area contributed by atoms with Crippen LogP contribution in [-0.2, 0) is 4.79 Å². The second-order valence-corrected chi connectivity index (χ2v) is 6.42. The van der Waals surface area contributed by atoms with Gasteiger partial charge in [0.2, 0.25) is 0 Å². The molecule has 0 saturated heterocycles. The van der Waals surface area contributed by atoms with Gasteiger partial charge < -0.3 is 20.1 Å². The van der Waals surface area contributed by atoms with E-state index in [2.05, 4.69) is 15.4 Å². The summed E-state index contributed by atoms with van der Waals surface area (Å²) < 4.78 is 47.6.